The van der Waals surface area contributed by atoms with Crippen LogP contribution in [0.1, 0.15) is 25.3 Å². The van der Waals surface area contributed by atoms with E-state index in [1.54, 1.807) is 31.4 Å². The molecule has 0 saturated carbocycles. The number of aromatic nitrogens is 2. The van der Waals surface area contributed by atoms with Crippen molar-refractivity contribution in [2.75, 3.05) is 13.7 Å². The Morgan fingerprint density at radius 3 is 2.60 bits per heavy atom. The molecular weight excluding hydrogens is 386 g/mol. The van der Waals surface area contributed by atoms with E-state index in [0.29, 0.717) is 35.4 Å². The number of hydrogen-bond donors (Lipinski definition) is 2. The minimum absolute atomic E-state index is 0.0585. The summed E-state index contributed by atoms with van der Waals surface area (Å²) in [5.41, 5.74) is 0.175. The molecule has 158 valence electrons. The average Bonchev–Trinajstić information content (AvgIpc) is 2.77. The van der Waals surface area contributed by atoms with Crippen molar-refractivity contribution in [2.24, 2.45) is 0 Å². The van der Waals surface area contributed by atoms with Gasteiger partial charge in [-0.15, -0.1) is 0 Å². The van der Waals surface area contributed by atoms with Gasteiger partial charge in [-0.3, -0.25) is 19.5 Å². The SMILES string of the molecule is CCCOc1ccc(CNC(=O)CCn2[nH]c(=O)c3ccccc3c2=O)cc1OC. The van der Waals surface area contributed by atoms with Crippen molar-refractivity contribution in [2.45, 2.75) is 32.9 Å². The topological polar surface area (TPSA) is 102 Å². The molecule has 30 heavy (non-hydrogen) atoms. The van der Waals surface area contributed by atoms with Gasteiger partial charge in [0.15, 0.2) is 11.5 Å². The fourth-order valence-corrected chi connectivity index (χ4v) is 3.06. The molecule has 0 atom stereocenters. The number of nitrogens with zero attached hydrogens (tertiary/aromatic N) is 1. The number of methoxy groups -OCH3 is 1. The number of hydrogen-bond acceptors (Lipinski definition) is 5. The minimum atomic E-state index is -0.358. The first kappa shape index (κ1) is 21.2. The largest absolute Gasteiger partial charge is 0.493 e. The van der Waals surface area contributed by atoms with E-state index < -0.39 is 0 Å². The lowest BCUT2D eigenvalue weighted by molar-refractivity contribution is -0.121. The molecule has 1 aromatic heterocycles. The van der Waals surface area contributed by atoms with E-state index >= 15 is 0 Å². The number of H-pyrrole nitrogens is 1. The molecule has 0 unspecified atom stereocenters. The lowest BCUT2D eigenvalue weighted by Crippen LogP contribution is -2.32. The summed E-state index contributed by atoms with van der Waals surface area (Å²) in [5.74, 6) is 1.03. The molecule has 0 spiro atoms. The molecule has 2 N–H and O–H groups in total. The Morgan fingerprint density at radius 1 is 1.10 bits per heavy atom. The van der Waals surface area contributed by atoms with Gasteiger partial charge in [0.25, 0.3) is 11.1 Å². The summed E-state index contributed by atoms with van der Waals surface area (Å²) < 4.78 is 12.1. The van der Waals surface area contributed by atoms with Gasteiger partial charge in [-0.05, 0) is 36.2 Å². The van der Waals surface area contributed by atoms with Crippen molar-refractivity contribution < 1.29 is 14.3 Å². The Bertz CT molecular complexity index is 1150. The highest BCUT2D eigenvalue weighted by molar-refractivity contribution is 5.80. The van der Waals surface area contributed by atoms with Crippen LogP contribution in [0.3, 0.4) is 0 Å². The Morgan fingerprint density at radius 2 is 1.87 bits per heavy atom. The summed E-state index contributed by atoms with van der Waals surface area (Å²) in [4.78, 5) is 36.8. The minimum Gasteiger partial charge on any atom is -0.493 e. The summed E-state index contributed by atoms with van der Waals surface area (Å²) >= 11 is 0. The zero-order valence-electron chi connectivity index (χ0n) is 17.1. The van der Waals surface area contributed by atoms with E-state index in [9.17, 15) is 14.4 Å². The van der Waals surface area contributed by atoms with E-state index in [2.05, 4.69) is 10.4 Å². The number of aromatic amines is 1. The van der Waals surface area contributed by atoms with Gasteiger partial charge in [0, 0.05) is 13.0 Å². The number of benzene rings is 2. The molecule has 0 radical (unpaired) electrons. The molecule has 8 heteroatoms. The molecule has 0 bridgehead atoms. The molecule has 1 amide bonds. The molecule has 0 aliphatic rings. The number of nitrogens with one attached hydrogen (secondary N) is 2. The zero-order chi connectivity index (χ0) is 21.5. The molecule has 3 rings (SSSR count). The fraction of sp³-hybridized carbons (Fsp3) is 0.318. The van der Waals surface area contributed by atoms with Gasteiger partial charge in [0.1, 0.15) is 0 Å². The van der Waals surface area contributed by atoms with Crippen molar-refractivity contribution in [1.29, 1.82) is 0 Å². The summed E-state index contributed by atoms with van der Waals surface area (Å²) in [6, 6.07) is 12.1. The van der Waals surface area contributed by atoms with Crippen LogP contribution in [0.5, 0.6) is 11.5 Å². The highest BCUT2D eigenvalue weighted by Gasteiger charge is 2.10. The van der Waals surface area contributed by atoms with E-state index in [4.69, 9.17) is 9.47 Å². The lowest BCUT2D eigenvalue weighted by atomic mass is 10.2. The summed E-state index contributed by atoms with van der Waals surface area (Å²) in [6.45, 7) is 3.02. The van der Waals surface area contributed by atoms with Crippen LogP contribution in [0.25, 0.3) is 10.8 Å². The van der Waals surface area contributed by atoms with Crippen LogP contribution in [0.15, 0.2) is 52.1 Å². The third-order valence-corrected chi connectivity index (χ3v) is 4.63. The van der Waals surface area contributed by atoms with E-state index in [1.165, 1.54) is 4.68 Å². The van der Waals surface area contributed by atoms with Crippen LogP contribution in [0, 0.1) is 0 Å². The molecule has 0 aliphatic carbocycles. The number of carbonyl (C=O) groups is 1. The Labute approximate surface area is 173 Å². The molecule has 2 aromatic carbocycles. The first-order valence-corrected chi connectivity index (χ1v) is 9.81. The number of amides is 1. The van der Waals surface area contributed by atoms with Crippen molar-refractivity contribution in [3.05, 3.63) is 68.7 Å². The predicted molar refractivity (Wildman–Crippen MR) is 114 cm³/mol. The van der Waals surface area contributed by atoms with Crippen LogP contribution in [0.2, 0.25) is 0 Å². The quantitative estimate of drug-likeness (QED) is 0.562. The summed E-state index contributed by atoms with van der Waals surface area (Å²) in [5, 5.41) is 6.00. The fourth-order valence-electron chi connectivity index (χ4n) is 3.06. The van der Waals surface area contributed by atoms with Crippen LogP contribution < -0.4 is 25.9 Å². The van der Waals surface area contributed by atoms with Crippen LogP contribution in [-0.4, -0.2) is 29.4 Å². The number of rotatable bonds is 9. The third kappa shape index (κ3) is 4.89. The molecule has 0 aliphatic heterocycles. The van der Waals surface area contributed by atoms with Gasteiger partial charge >= 0.3 is 0 Å². The first-order chi connectivity index (χ1) is 14.5. The van der Waals surface area contributed by atoms with E-state index in [1.807, 2.05) is 25.1 Å². The van der Waals surface area contributed by atoms with Crippen molar-refractivity contribution in [3.8, 4) is 11.5 Å². The first-order valence-electron chi connectivity index (χ1n) is 9.81. The van der Waals surface area contributed by atoms with E-state index in [-0.39, 0.29) is 30.0 Å². The summed E-state index contributed by atoms with van der Waals surface area (Å²) in [6.07, 6.45) is 0.954. The maximum atomic E-state index is 12.5. The van der Waals surface area contributed by atoms with Gasteiger partial charge in [-0.25, -0.2) is 4.68 Å². The highest BCUT2D eigenvalue weighted by atomic mass is 16.5. The second-order valence-corrected chi connectivity index (χ2v) is 6.80. The molecule has 0 saturated heterocycles. The standard InChI is InChI=1S/C22H25N3O5/c1-3-12-30-18-9-8-15(13-19(18)29-2)14-23-20(26)10-11-25-22(28)17-7-5-4-6-16(17)21(27)24-25/h4-9,13H,3,10-12,14H2,1-2H3,(H,23,26)(H,24,27). The molecule has 0 fully saturated rings. The number of ether oxygens (including phenoxy) is 2. The monoisotopic (exact) mass is 411 g/mol. The van der Waals surface area contributed by atoms with Crippen molar-refractivity contribution in [3.63, 3.8) is 0 Å². The van der Waals surface area contributed by atoms with Crippen molar-refractivity contribution in [1.82, 2.24) is 15.1 Å². The molecule has 1 heterocycles. The van der Waals surface area contributed by atoms with Crippen LogP contribution in [-0.2, 0) is 17.9 Å². The molecule has 8 nitrogen and oxygen atoms in total. The highest BCUT2D eigenvalue weighted by Crippen LogP contribution is 2.28. The smallest absolute Gasteiger partial charge is 0.273 e. The zero-order valence-corrected chi connectivity index (χ0v) is 17.1. The molecule has 3 aromatic rings. The number of carbonyl (C=O) groups excluding carboxylic acids is 1. The van der Waals surface area contributed by atoms with Crippen LogP contribution >= 0.6 is 0 Å². The Kier molecular flexibility index (Phi) is 6.90. The summed E-state index contributed by atoms with van der Waals surface area (Å²) in [7, 11) is 1.57. The maximum absolute atomic E-state index is 12.5. The number of fused-ring (bicyclic) bond motifs is 1. The van der Waals surface area contributed by atoms with Gasteiger partial charge < -0.3 is 14.8 Å². The predicted octanol–water partition coefficient (Wildman–Crippen LogP) is 2.19. The second-order valence-electron chi connectivity index (χ2n) is 6.80. The van der Waals surface area contributed by atoms with Crippen LogP contribution in [0.4, 0.5) is 0 Å². The van der Waals surface area contributed by atoms with Gasteiger partial charge in [0.05, 0.1) is 31.0 Å². The van der Waals surface area contributed by atoms with E-state index in [0.717, 1.165) is 12.0 Å². The lowest BCUT2D eigenvalue weighted by Gasteiger charge is -2.12. The second kappa shape index (κ2) is 9.78. The van der Waals surface area contributed by atoms with Gasteiger partial charge in [0.2, 0.25) is 5.91 Å². The number of aryl methyl sites for hydroxylation is 1. The third-order valence-electron chi connectivity index (χ3n) is 4.63. The van der Waals surface area contributed by atoms with Crippen molar-refractivity contribution >= 4 is 16.7 Å². The Hall–Kier alpha value is -3.55. The Balaban J connectivity index is 1.61. The van der Waals surface area contributed by atoms with Gasteiger partial charge in [-0.2, -0.15) is 0 Å². The van der Waals surface area contributed by atoms with Gasteiger partial charge in [-0.1, -0.05) is 25.1 Å². The average molecular weight is 411 g/mol. The maximum Gasteiger partial charge on any atom is 0.273 e. The molecular formula is C22H25N3O5. The normalized spacial score (nSPS) is 10.7.